The van der Waals surface area contributed by atoms with Gasteiger partial charge in [-0.15, -0.1) is 0 Å². The number of hydrogen-bond acceptors (Lipinski definition) is 6. The molecule has 1 aromatic carbocycles. The van der Waals surface area contributed by atoms with Crippen LogP contribution < -0.4 is 21.1 Å². The predicted molar refractivity (Wildman–Crippen MR) is 215 cm³/mol. The zero-order valence-corrected chi connectivity index (χ0v) is 32.7. The van der Waals surface area contributed by atoms with Crippen LogP contribution in [0.5, 0.6) is 0 Å². The number of piperazine rings is 1. The number of fused-ring (bicyclic) bond motifs is 1. The highest BCUT2D eigenvalue weighted by molar-refractivity contribution is 6.09. The van der Waals surface area contributed by atoms with Crippen LogP contribution in [0.1, 0.15) is 91.2 Å². The minimum atomic E-state index is -0.212. The molecule has 4 bridgehead atoms. The number of carbonyl (C=O) groups is 2. The first kappa shape index (κ1) is 36.5. The summed E-state index contributed by atoms with van der Waals surface area (Å²) in [5.41, 5.74) is 6.53. The fraction of sp³-hybridized carbons (Fsp3) is 0.545. The SMILES string of the molecule is Cc1cc(C)c(CNC(=O)c2cc(-c3ccc(N4CCN(CCNC(=O)CC5C6CC7CC(C6)CC5C7)CC4)nc3)cc3c2c(C)cn3C(C)C)c(=O)[nH]1. The van der Waals surface area contributed by atoms with E-state index in [0.29, 0.717) is 23.6 Å². The monoisotopic (exact) mass is 731 g/mol. The van der Waals surface area contributed by atoms with Gasteiger partial charge >= 0.3 is 0 Å². The van der Waals surface area contributed by atoms with Crippen LogP contribution >= 0.6 is 0 Å². The predicted octanol–water partition coefficient (Wildman–Crippen LogP) is 6.53. The van der Waals surface area contributed by atoms with Crippen molar-refractivity contribution in [1.29, 1.82) is 0 Å². The summed E-state index contributed by atoms with van der Waals surface area (Å²) in [5.74, 6) is 5.09. The molecule has 4 heterocycles. The van der Waals surface area contributed by atoms with Crippen LogP contribution in [0.2, 0.25) is 0 Å². The van der Waals surface area contributed by atoms with Crippen molar-refractivity contribution in [2.24, 2.45) is 29.6 Å². The highest BCUT2D eigenvalue weighted by Gasteiger charge is 2.48. The third kappa shape index (κ3) is 7.33. The van der Waals surface area contributed by atoms with E-state index in [1.807, 2.05) is 39.1 Å². The molecule has 1 saturated heterocycles. The molecule has 4 aliphatic carbocycles. The van der Waals surface area contributed by atoms with Gasteiger partial charge in [-0.25, -0.2) is 4.98 Å². The molecule has 1 aliphatic heterocycles. The van der Waals surface area contributed by atoms with Crippen LogP contribution in [-0.4, -0.2) is 70.5 Å². The molecule has 0 unspecified atom stereocenters. The third-order valence-electron chi connectivity index (χ3n) is 13.2. The number of aromatic nitrogens is 3. The van der Waals surface area contributed by atoms with Crippen molar-refractivity contribution in [3.05, 3.63) is 81.0 Å². The van der Waals surface area contributed by atoms with Crippen LogP contribution in [0, 0.1) is 50.4 Å². The van der Waals surface area contributed by atoms with Gasteiger partial charge in [0.2, 0.25) is 5.91 Å². The lowest BCUT2D eigenvalue weighted by Crippen LogP contribution is -2.49. The molecule has 10 nitrogen and oxygen atoms in total. The van der Waals surface area contributed by atoms with Gasteiger partial charge in [-0.05, 0) is 143 Å². The van der Waals surface area contributed by atoms with Crippen LogP contribution in [-0.2, 0) is 11.3 Å². The van der Waals surface area contributed by atoms with Gasteiger partial charge in [0.1, 0.15) is 5.82 Å². The molecule has 4 aromatic rings. The van der Waals surface area contributed by atoms with Gasteiger partial charge in [0.25, 0.3) is 11.5 Å². The standard InChI is InChI=1S/C44H57N7O3/c1-26(2)51-25-28(4)42-37(43(53)47-24-38-27(3)14-29(5)48-44(38)54)20-33(21-39(42)51)32-6-7-40(46-23-32)50-12-10-49(11-13-50)9-8-45-41(52)22-36-34-16-30-15-31(18-34)19-35(36)17-30/h6-7,14,20-21,23,25-26,30-31,34-36H,8-13,15-19,22,24H2,1-5H3,(H,45,52)(H,47,53)(H,48,54). The number of anilines is 1. The summed E-state index contributed by atoms with van der Waals surface area (Å²) in [7, 11) is 0. The van der Waals surface area contributed by atoms with Gasteiger partial charge in [-0.3, -0.25) is 19.3 Å². The van der Waals surface area contributed by atoms with E-state index in [2.05, 4.69) is 68.2 Å². The summed E-state index contributed by atoms with van der Waals surface area (Å²) in [6.45, 7) is 15.5. The molecule has 54 heavy (non-hydrogen) atoms. The zero-order chi connectivity index (χ0) is 37.7. The number of carbonyl (C=O) groups excluding carboxylic acids is 2. The van der Waals surface area contributed by atoms with Gasteiger partial charge < -0.3 is 25.1 Å². The second-order valence-electron chi connectivity index (χ2n) is 17.2. The Kier molecular flexibility index (Phi) is 10.2. The summed E-state index contributed by atoms with van der Waals surface area (Å²) in [5, 5.41) is 7.22. The fourth-order valence-electron chi connectivity index (χ4n) is 10.7. The second kappa shape index (κ2) is 15.0. The number of hydrogen-bond donors (Lipinski definition) is 3. The van der Waals surface area contributed by atoms with E-state index in [1.54, 1.807) is 0 Å². The number of rotatable bonds is 11. The number of pyridine rings is 2. The quantitative estimate of drug-likeness (QED) is 0.162. The molecule has 0 radical (unpaired) electrons. The average molecular weight is 732 g/mol. The molecular formula is C44H57N7O3. The summed E-state index contributed by atoms with van der Waals surface area (Å²) in [4.78, 5) is 52.0. The van der Waals surface area contributed by atoms with Crippen LogP contribution in [0.4, 0.5) is 5.82 Å². The molecular weight excluding hydrogens is 675 g/mol. The minimum absolute atomic E-state index is 0.149. The minimum Gasteiger partial charge on any atom is -0.355 e. The Hall–Kier alpha value is -4.44. The van der Waals surface area contributed by atoms with Gasteiger partial charge in [-0.2, -0.15) is 0 Å². The Morgan fingerprint density at radius 3 is 2.26 bits per heavy atom. The largest absolute Gasteiger partial charge is 0.355 e. The highest BCUT2D eigenvalue weighted by Crippen LogP contribution is 2.57. The lowest BCUT2D eigenvalue weighted by molar-refractivity contribution is -0.126. The maximum absolute atomic E-state index is 13.9. The lowest BCUT2D eigenvalue weighted by Gasteiger charge is -2.54. The number of benzene rings is 1. The zero-order valence-electron chi connectivity index (χ0n) is 32.7. The Bertz CT molecular complexity index is 2060. The van der Waals surface area contributed by atoms with Crippen molar-refractivity contribution in [3.8, 4) is 11.1 Å². The fourth-order valence-corrected chi connectivity index (χ4v) is 10.7. The van der Waals surface area contributed by atoms with Gasteiger partial charge in [0.05, 0.1) is 0 Å². The van der Waals surface area contributed by atoms with Crippen molar-refractivity contribution < 1.29 is 9.59 Å². The van der Waals surface area contributed by atoms with Crippen molar-refractivity contribution in [2.45, 2.75) is 85.7 Å². The molecule has 3 N–H and O–H groups in total. The number of H-pyrrole nitrogens is 1. The number of aromatic amines is 1. The summed E-state index contributed by atoms with van der Waals surface area (Å²) >= 11 is 0. The highest BCUT2D eigenvalue weighted by atomic mass is 16.2. The van der Waals surface area contributed by atoms with Crippen molar-refractivity contribution in [1.82, 2.24) is 30.1 Å². The van der Waals surface area contributed by atoms with Gasteiger partial charge in [0, 0.05) is 104 Å². The van der Waals surface area contributed by atoms with E-state index in [4.69, 9.17) is 4.98 Å². The van der Waals surface area contributed by atoms with Gasteiger partial charge in [-0.1, -0.05) is 0 Å². The molecule has 2 amide bonds. The topological polar surface area (TPSA) is 115 Å². The Morgan fingerprint density at radius 1 is 0.889 bits per heavy atom. The molecule has 0 atom stereocenters. The summed E-state index contributed by atoms with van der Waals surface area (Å²) in [6.07, 6.45) is 11.7. The maximum atomic E-state index is 13.9. The molecule has 5 fully saturated rings. The third-order valence-corrected chi connectivity index (χ3v) is 13.2. The first-order valence-electron chi connectivity index (χ1n) is 20.3. The number of nitrogens with zero attached hydrogens (tertiary/aromatic N) is 4. The number of nitrogens with one attached hydrogen (secondary N) is 3. The van der Waals surface area contributed by atoms with E-state index in [-0.39, 0.29) is 30.0 Å². The Labute approximate surface area is 319 Å². The van der Waals surface area contributed by atoms with Crippen LogP contribution in [0.25, 0.3) is 22.0 Å². The van der Waals surface area contributed by atoms with E-state index in [9.17, 15) is 14.4 Å². The molecule has 286 valence electrons. The Balaban J connectivity index is 0.890. The first-order chi connectivity index (χ1) is 26.0. The van der Waals surface area contributed by atoms with Crippen LogP contribution in [0.3, 0.4) is 0 Å². The molecule has 0 spiro atoms. The normalized spacial score (nSPS) is 23.7. The Morgan fingerprint density at radius 2 is 1.61 bits per heavy atom. The molecule has 3 aromatic heterocycles. The van der Waals surface area contributed by atoms with Crippen LogP contribution in [0.15, 0.2) is 47.5 Å². The lowest BCUT2D eigenvalue weighted by atomic mass is 9.51. The van der Waals surface area contributed by atoms with Crippen molar-refractivity contribution in [3.63, 3.8) is 0 Å². The molecule has 5 aliphatic rings. The molecule has 9 rings (SSSR count). The summed E-state index contributed by atoms with van der Waals surface area (Å²) < 4.78 is 2.22. The van der Waals surface area contributed by atoms with E-state index in [0.717, 1.165) is 107 Å². The average Bonchev–Trinajstić information content (AvgIpc) is 3.48. The first-order valence-corrected chi connectivity index (χ1v) is 20.3. The number of amides is 2. The van der Waals surface area contributed by atoms with Gasteiger partial charge in [0.15, 0.2) is 0 Å². The number of aryl methyl sites for hydroxylation is 3. The smallest absolute Gasteiger partial charge is 0.253 e. The van der Waals surface area contributed by atoms with Crippen molar-refractivity contribution >= 4 is 28.5 Å². The molecule has 10 heteroatoms. The van der Waals surface area contributed by atoms with Crippen molar-refractivity contribution in [2.75, 3.05) is 44.2 Å². The maximum Gasteiger partial charge on any atom is 0.253 e. The van der Waals surface area contributed by atoms with E-state index in [1.165, 1.54) is 32.1 Å². The summed E-state index contributed by atoms with van der Waals surface area (Å²) in [6, 6.07) is 10.4. The van der Waals surface area contributed by atoms with E-state index >= 15 is 0 Å². The van der Waals surface area contributed by atoms with E-state index < -0.39 is 0 Å². The second-order valence-corrected chi connectivity index (χ2v) is 17.2. The molecule has 4 saturated carbocycles.